The summed E-state index contributed by atoms with van der Waals surface area (Å²) >= 11 is 1.52. The number of nitrogens with zero attached hydrogens (tertiary/aromatic N) is 2. The van der Waals surface area contributed by atoms with E-state index in [9.17, 15) is 14.4 Å². The predicted molar refractivity (Wildman–Crippen MR) is 96.4 cm³/mol. The molecule has 1 aliphatic carbocycles. The van der Waals surface area contributed by atoms with Gasteiger partial charge in [-0.3, -0.25) is 14.5 Å². The molecule has 27 heavy (non-hydrogen) atoms. The normalized spacial score (nSPS) is 23.4. The molecule has 142 valence electrons. The molecule has 2 fully saturated rings. The van der Waals surface area contributed by atoms with Gasteiger partial charge in [0.2, 0.25) is 11.8 Å². The first kappa shape index (κ1) is 17.9. The molecule has 0 N–H and O–H groups in total. The standard InChI is InChI=1S/C19H20N2O5S/c1-11(21-17(22)13-5-2-3-6-14(13)18(21)23)19(24)25-10-12-9-15(26-20-12)16-7-4-8-27-16/h4,7-9,11,13-14H,2-3,5-6,10H2,1H3/t11-,13?,14?/m0/s1. The summed E-state index contributed by atoms with van der Waals surface area (Å²) in [4.78, 5) is 39.6. The molecule has 0 bridgehead atoms. The number of fused-ring (bicyclic) bond motifs is 1. The van der Waals surface area contributed by atoms with Crippen LogP contribution in [0.3, 0.4) is 0 Å². The molecule has 0 aromatic carbocycles. The van der Waals surface area contributed by atoms with Gasteiger partial charge in [0.25, 0.3) is 0 Å². The van der Waals surface area contributed by atoms with Crippen LogP contribution in [0.4, 0.5) is 0 Å². The van der Waals surface area contributed by atoms with E-state index in [0.29, 0.717) is 11.5 Å². The number of likely N-dealkylation sites (tertiary alicyclic amines) is 1. The number of carbonyl (C=O) groups excluding carboxylic acids is 3. The van der Waals surface area contributed by atoms with Crippen LogP contribution in [-0.2, 0) is 25.7 Å². The van der Waals surface area contributed by atoms with Crippen LogP contribution < -0.4 is 0 Å². The molecular weight excluding hydrogens is 368 g/mol. The van der Waals surface area contributed by atoms with E-state index in [2.05, 4.69) is 5.16 Å². The number of carbonyl (C=O) groups is 3. The average molecular weight is 388 g/mol. The highest BCUT2D eigenvalue weighted by molar-refractivity contribution is 7.13. The molecule has 0 radical (unpaired) electrons. The number of rotatable bonds is 5. The first-order chi connectivity index (χ1) is 13.1. The molecule has 3 atom stereocenters. The second kappa shape index (κ2) is 7.26. The van der Waals surface area contributed by atoms with Gasteiger partial charge >= 0.3 is 5.97 Å². The molecule has 3 heterocycles. The van der Waals surface area contributed by atoms with Crippen molar-refractivity contribution in [2.24, 2.45) is 11.8 Å². The summed E-state index contributed by atoms with van der Waals surface area (Å²) in [6.07, 6.45) is 3.34. The fourth-order valence-corrected chi connectivity index (χ4v) is 4.53. The monoisotopic (exact) mass is 388 g/mol. The topological polar surface area (TPSA) is 89.7 Å². The molecule has 2 aromatic heterocycles. The molecule has 4 rings (SSSR count). The summed E-state index contributed by atoms with van der Waals surface area (Å²) in [5, 5.41) is 5.83. The van der Waals surface area contributed by atoms with Crippen molar-refractivity contribution in [1.82, 2.24) is 10.1 Å². The van der Waals surface area contributed by atoms with E-state index >= 15 is 0 Å². The molecule has 2 aromatic rings. The van der Waals surface area contributed by atoms with E-state index in [1.165, 1.54) is 18.3 Å². The van der Waals surface area contributed by atoms with E-state index in [0.717, 1.165) is 35.5 Å². The smallest absolute Gasteiger partial charge is 0.329 e. The third-order valence-electron chi connectivity index (χ3n) is 5.29. The summed E-state index contributed by atoms with van der Waals surface area (Å²) in [6.45, 7) is 1.47. The van der Waals surface area contributed by atoms with Gasteiger partial charge in [-0.25, -0.2) is 4.79 Å². The second-order valence-corrected chi connectivity index (χ2v) is 7.94. The maximum atomic E-state index is 12.6. The maximum absolute atomic E-state index is 12.6. The largest absolute Gasteiger partial charge is 0.458 e. The number of hydrogen-bond acceptors (Lipinski definition) is 7. The Morgan fingerprint density at radius 1 is 1.33 bits per heavy atom. The van der Waals surface area contributed by atoms with Crippen LogP contribution >= 0.6 is 11.3 Å². The first-order valence-electron chi connectivity index (χ1n) is 9.09. The van der Waals surface area contributed by atoms with Crippen molar-refractivity contribution < 1.29 is 23.6 Å². The third kappa shape index (κ3) is 3.29. The van der Waals surface area contributed by atoms with Gasteiger partial charge in [-0.2, -0.15) is 0 Å². The Kier molecular flexibility index (Phi) is 4.82. The van der Waals surface area contributed by atoms with Crippen molar-refractivity contribution in [1.29, 1.82) is 0 Å². The van der Waals surface area contributed by atoms with E-state index in [1.807, 2.05) is 17.5 Å². The van der Waals surface area contributed by atoms with Gasteiger partial charge in [-0.1, -0.05) is 24.1 Å². The quantitative estimate of drug-likeness (QED) is 0.578. The van der Waals surface area contributed by atoms with E-state index in [1.54, 1.807) is 6.07 Å². The van der Waals surface area contributed by atoms with Crippen LogP contribution in [0.15, 0.2) is 28.1 Å². The molecule has 2 aliphatic rings. The summed E-state index contributed by atoms with van der Waals surface area (Å²) in [6, 6.07) is 4.60. The van der Waals surface area contributed by atoms with Gasteiger partial charge < -0.3 is 9.26 Å². The minimum atomic E-state index is -0.931. The van der Waals surface area contributed by atoms with Crippen LogP contribution in [0, 0.1) is 11.8 Å². The van der Waals surface area contributed by atoms with Crippen LogP contribution in [0.25, 0.3) is 10.6 Å². The van der Waals surface area contributed by atoms with Crippen molar-refractivity contribution in [3.8, 4) is 10.6 Å². The van der Waals surface area contributed by atoms with Crippen molar-refractivity contribution in [2.75, 3.05) is 0 Å². The number of amides is 2. The summed E-state index contributed by atoms with van der Waals surface area (Å²) in [5.41, 5.74) is 0.478. The lowest BCUT2D eigenvalue weighted by Crippen LogP contribution is -2.44. The lowest BCUT2D eigenvalue weighted by Gasteiger charge is -2.21. The van der Waals surface area contributed by atoms with Crippen LogP contribution in [0.1, 0.15) is 38.3 Å². The molecular formula is C19H20N2O5S. The van der Waals surface area contributed by atoms with Gasteiger partial charge in [0.15, 0.2) is 5.76 Å². The minimum absolute atomic E-state index is 0.0683. The number of aromatic nitrogens is 1. The highest BCUT2D eigenvalue weighted by atomic mass is 32.1. The van der Waals surface area contributed by atoms with Crippen LogP contribution in [0.2, 0.25) is 0 Å². The number of thiophene rings is 1. The van der Waals surface area contributed by atoms with Crippen LogP contribution in [0.5, 0.6) is 0 Å². The number of hydrogen-bond donors (Lipinski definition) is 0. The Labute approximate surface area is 160 Å². The SMILES string of the molecule is C[C@@H](C(=O)OCc1cc(-c2cccs2)on1)N1C(=O)C2CCCCC2C1=O. The van der Waals surface area contributed by atoms with Gasteiger partial charge in [0.05, 0.1) is 16.7 Å². The van der Waals surface area contributed by atoms with E-state index in [4.69, 9.17) is 9.26 Å². The van der Waals surface area contributed by atoms with Gasteiger partial charge in [0.1, 0.15) is 18.3 Å². The van der Waals surface area contributed by atoms with Crippen LogP contribution in [-0.4, -0.2) is 33.9 Å². The second-order valence-electron chi connectivity index (χ2n) is 6.99. The highest BCUT2D eigenvalue weighted by Gasteiger charge is 2.51. The molecule has 0 spiro atoms. The van der Waals surface area contributed by atoms with Gasteiger partial charge in [0, 0.05) is 6.07 Å². The highest BCUT2D eigenvalue weighted by Crippen LogP contribution is 2.39. The molecule has 7 nitrogen and oxygen atoms in total. The van der Waals surface area contributed by atoms with E-state index in [-0.39, 0.29) is 30.3 Å². The Hall–Kier alpha value is -2.48. The fraction of sp³-hybridized carbons (Fsp3) is 0.474. The average Bonchev–Trinajstić information content (AvgIpc) is 3.41. The Bertz CT molecular complexity index is 835. The first-order valence-corrected chi connectivity index (χ1v) is 9.97. The summed E-state index contributed by atoms with van der Waals surface area (Å²) in [7, 11) is 0. The molecule has 2 unspecified atom stereocenters. The fourth-order valence-electron chi connectivity index (χ4n) is 3.86. The summed E-state index contributed by atoms with van der Waals surface area (Å²) < 4.78 is 10.5. The number of ether oxygens (including phenoxy) is 1. The molecule has 1 saturated heterocycles. The Morgan fingerprint density at radius 2 is 2.04 bits per heavy atom. The Morgan fingerprint density at radius 3 is 2.67 bits per heavy atom. The predicted octanol–water partition coefficient (Wildman–Crippen LogP) is 3.01. The molecule has 1 saturated carbocycles. The van der Waals surface area contributed by atoms with Crippen molar-refractivity contribution >= 4 is 29.1 Å². The zero-order valence-corrected chi connectivity index (χ0v) is 15.7. The maximum Gasteiger partial charge on any atom is 0.329 e. The molecule has 1 aliphatic heterocycles. The van der Waals surface area contributed by atoms with Gasteiger partial charge in [-0.15, -0.1) is 11.3 Å². The lowest BCUT2D eigenvalue weighted by atomic mass is 9.81. The van der Waals surface area contributed by atoms with E-state index < -0.39 is 12.0 Å². The van der Waals surface area contributed by atoms with Gasteiger partial charge in [-0.05, 0) is 31.2 Å². The minimum Gasteiger partial charge on any atom is -0.458 e. The summed E-state index contributed by atoms with van der Waals surface area (Å²) in [5.74, 6) is -1.03. The Balaban J connectivity index is 1.38. The van der Waals surface area contributed by atoms with Crippen molar-refractivity contribution in [3.05, 3.63) is 29.3 Å². The van der Waals surface area contributed by atoms with Crippen molar-refractivity contribution in [3.63, 3.8) is 0 Å². The van der Waals surface area contributed by atoms with Crippen molar-refractivity contribution in [2.45, 2.75) is 45.3 Å². The zero-order valence-electron chi connectivity index (χ0n) is 14.9. The molecule has 2 amide bonds. The zero-order chi connectivity index (χ0) is 19.0. The number of esters is 1. The third-order valence-corrected chi connectivity index (χ3v) is 6.17. The lowest BCUT2D eigenvalue weighted by molar-refractivity contribution is -0.159. The number of imide groups is 1. The molecule has 8 heteroatoms.